The van der Waals surface area contributed by atoms with Gasteiger partial charge in [0.25, 0.3) is 5.91 Å². The van der Waals surface area contributed by atoms with E-state index in [2.05, 4.69) is 21.2 Å². The van der Waals surface area contributed by atoms with Crippen molar-refractivity contribution in [3.8, 4) is 11.8 Å². The Kier molecular flexibility index (Phi) is 5.12. The van der Waals surface area contributed by atoms with E-state index in [0.717, 1.165) is 15.7 Å². The van der Waals surface area contributed by atoms with E-state index in [1.807, 2.05) is 71.6 Å². The summed E-state index contributed by atoms with van der Waals surface area (Å²) in [5.41, 5.74) is 2.48. The predicted molar refractivity (Wildman–Crippen MR) is 102 cm³/mol. The van der Waals surface area contributed by atoms with E-state index in [9.17, 15) is 10.1 Å². The first-order valence-corrected chi connectivity index (χ1v) is 8.37. The van der Waals surface area contributed by atoms with Gasteiger partial charge in [-0.1, -0.05) is 34.1 Å². The Labute approximate surface area is 154 Å². The third-order valence-corrected chi connectivity index (χ3v) is 4.08. The number of rotatable bonds is 4. The average Bonchev–Trinajstić information content (AvgIpc) is 3.11. The molecule has 5 heteroatoms. The number of benzene rings is 2. The van der Waals surface area contributed by atoms with E-state index in [4.69, 9.17) is 0 Å². The highest BCUT2D eigenvalue weighted by molar-refractivity contribution is 9.10. The van der Waals surface area contributed by atoms with Crippen LogP contribution >= 0.6 is 15.9 Å². The zero-order valence-electron chi connectivity index (χ0n) is 13.2. The Morgan fingerprint density at radius 3 is 2.48 bits per heavy atom. The van der Waals surface area contributed by atoms with E-state index in [-0.39, 0.29) is 5.57 Å². The topological polar surface area (TPSA) is 57.8 Å². The van der Waals surface area contributed by atoms with Crippen molar-refractivity contribution in [1.29, 1.82) is 5.26 Å². The van der Waals surface area contributed by atoms with Crippen LogP contribution in [0.4, 0.5) is 5.69 Å². The molecule has 0 radical (unpaired) electrons. The fourth-order valence-corrected chi connectivity index (χ4v) is 2.57. The molecule has 0 aliphatic rings. The molecular formula is C20H14BrN3O. The number of carbonyl (C=O) groups is 1. The Morgan fingerprint density at radius 1 is 1.08 bits per heavy atom. The third kappa shape index (κ3) is 4.25. The summed E-state index contributed by atoms with van der Waals surface area (Å²) in [6.07, 6.45) is 5.34. The van der Waals surface area contributed by atoms with E-state index in [0.29, 0.717) is 5.69 Å². The van der Waals surface area contributed by atoms with Gasteiger partial charge in [0.15, 0.2) is 0 Å². The predicted octanol–water partition coefficient (Wildman–Crippen LogP) is 4.79. The van der Waals surface area contributed by atoms with Crippen LogP contribution < -0.4 is 5.32 Å². The summed E-state index contributed by atoms with van der Waals surface area (Å²) >= 11 is 3.34. The first-order valence-electron chi connectivity index (χ1n) is 7.58. The maximum absolute atomic E-state index is 12.3. The fraction of sp³-hybridized carbons (Fsp3) is 0. The molecule has 0 spiro atoms. The van der Waals surface area contributed by atoms with Crippen LogP contribution in [0.5, 0.6) is 0 Å². The Hall–Kier alpha value is -3.10. The summed E-state index contributed by atoms with van der Waals surface area (Å²) in [6.45, 7) is 0. The summed E-state index contributed by atoms with van der Waals surface area (Å²) in [7, 11) is 0. The molecule has 122 valence electrons. The van der Waals surface area contributed by atoms with Crippen molar-refractivity contribution in [1.82, 2.24) is 4.57 Å². The number of hydrogen-bond acceptors (Lipinski definition) is 2. The summed E-state index contributed by atoms with van der Waals surface area (Å²) < 4.78 is 2.86. The van der Waals surface area contributed by atoms with Crippen LogP contribution in [0.3, 0.4) is 0 Å². The molecule has 0 bridgehead atoms. The van der Waals surface area contributed by atoms with Gasteiger partial charge in [-0.15, -0.1) is 0 Å². The number of anilines is 1. The van der Waals surface area contributed by atoms with E-state index < -0.39 is 5.91 Å². The number of nitrogens with zero attached hydrogens (tertiary/aromatic N) is 2. The number of para-hydroxylation sites is 1. The minimum Gasteiger partial charge on any atom is -0.323 e. The van der Waals surface area contributed by atoms with E-state index in [1.54, 1.807) is 18.2 Å². The number of amides is 1. The highest BCUT2D eigenvalue weighted by Crippen LogP contribution is 2.16. The van der Waals surface area contributed by atoms with Crippen molar-refractivity contribution >= 4 is 33.6 Å². The number of nitrogens with one attached hydrogen (secondary N) is 1. The molecule has 0 aliphatic carbocycles. The number of carbonyl (C=O) groups excluding carboxylic acids is 1. The van der Waals surface area contributed by atoms with Crippen molar-refractivity contribution in [2.45, 2.75) is 0 Å². The van der Waals surface area contributed by atoms with Gasteiger partial charge in [0.1, 0.15) is 11.6 Å². The lowest BCUT2D eigenvalue weighted by atomic mass is 10.2. The Bertz CT molecular complexity index is 951. The van der Waals surface area contributed by atoms with Crippen LogP contribution in [-0.2, 0) is 4.79 Å². The van der Waals surface area contributed by atoms with Crippen molar-refractivity contribution in [2.24, 2.45) is 0 Å². The SMILES string of the molecule is N#C/C(=C\c1ccn(-c2ccccc2)c1)C(=O)Nc1ccc(Br)cc1. The number of aromatic nitrogens is 1. The van der Waals surface area contributed by atoms with Crippen LogP contribution in [-0.4, -0.2) is 10.5 Å². The van der Waals surface area contributed by atoms with Gasteiger partial charge in [-0.25, -0.2) is 0 Å². The minimum atomic E-state index is -0.433. The van der Waals surface area contributed by atoms with Crippen LogP contribution in [0.15, 0.2) is 83.1 Å². The molecule has 1 N–H and O–H groups in total. The molecule has 4 nitrogen and oxygen atoms in total. The molecule has 0 fully saturated rings. The second kappa shape index (κ2) is 7.65. The lowest BCUT2D eigenvalue weighted by Crippen LogP contribution is -2.13. The molecular weight excluding hydrogens is 378 g/mol. The molecule has 0 saturated carbocycles. The third-order valence-electron chi connectivity index (χ3n) is 3.55. The first-order chi connectivity index (χ1) is 12.2. The van der Waals surface area contributed by atoms with Crippen LogP contribution in [0.2, 0.25) is 0 Å². The fourth-order valence-electron chi connectivity index (χ4n) is 2.31. The van der Waals surface area contributed by atoms with Crippen molar-refractivity contribution in [2.75, 3.05) is 5.32 Å². The normalized spacial score (nSPS) is 11.0. The number of nitriles is 1. The lowest BCUT2D eigenvalue weighted by Gasteiger charge is -2.04. The molecule has 0 atom stereocenters. The van der Waals surface area contributed by atoms with Crippen LogP contribution in [0, 0.1) is 11.3 Å². The second-order valence-corrected chi connectivity index (χ2v) is 6.23. The van der Waals surface area contributed by atoms with Gasteiger partial charge in [-0.05, 0) is 54.1 Å². The van der Waals surface area contributed by atoms with Gasteiger partial charge >= 0.3 is 0 Å². The zero-order valence-corrected chi connectivity index (χ0v) is 14.8. The molecule has 0 unspecified atom stereocenters. The van der Waals surface area contributed by atoms with Gasteiger partial charge in [0, 0.05) is 28.2 Å². The van der Waals surface area contributed by atoms with Crippen LogP contribution in [0.25, 0.3) is 11.8 Å². The van der Waals surface area contributed by atoms with E-state index in [1.165, 1.54) is 0 Å². The van der Waals surface area contributed by atoms with Crippen molar-refractivity contribution in [3.63, 3.8) is 0 Å². The summed E-state index contributed by atoms with van der Waals surface area (Å²) in [5.74, 6) is -0.433. The van der Waals surface area contributed by atoms with Crippen molar-refractivity contribution < 1.29 is 4.79 Å². The molecule has 1 aromatic heterocycles. The van der Waals surface area contributed by atoms with Gasteiger partial charge in [0.2, 0.25) is 0 Å². The molecule has 1 heterocycles. The monoisotopic (exact) mass is 391 g/mol. The number of hydrogen-bond donors (Lipinski definition) is 1. The first kappa shape index (κ1) is 16.7. The minimum absolute atomic E-state index is 0.0498. The second-order valence-electron chi connectivity index (χ2n) is 5.32. The number of halogens is 1. The maximum atomic E-state index is 12.3. The van der Waals surface area contributed by atoms with Gasteiger partial charge in [0.05, 0.1) is 0 Å². The molecule has 2 aromatic carbocycles. The Balaban J connectivity index is 1.78. The maximum Gasteiger partial charge on any atom is 0.266 e. The van der Waals surface area contributed by atoms with Gasteiger partial charge < -0.3 is 9.88 Å². The zero-order chi connectivity index (χ0) is 17.6. The Morgan fingerprint density at radius 2 is 1.80 bits per heavy atom. The molecule has 3 rings (SSSR count). The molecule has 1 amide bonds. The van der Waals surface area contributed by atoms with Gasteiger partial charge in [-0.2, -0.15) is 5.26 Å². The molecule has 0 aliphatic heterocycles. The van der Waals surface area contributed by atoms with E-state index >= 15 is 0 Å². The standard InChI is InChI=1S/C20H14BrN3O/c21-17-6-8-18(9-7-17)23-20(25)16(13-22)12-15-10-11-24(14-15)19-4-2-1-3-5-19/h1-12,14H,(H,23,25)/b16-12+. The molecule has 25 heavy (non-hydrogen) atoms. The highest BCUT2D eigenvalue weighted by Gasteiger charge is 2.10. The summed E-state index contributed by atoms with van der Waals surface area (Å²) in [6, 6.07) is 20.8. The summed E-state index contributed by atoms with van der Waals surface area (Å²) in [4.78, 5) is 12.3. The quantitative estimate of drug-likeness (QED) is 0.513. The smallest absolute Gasteiger partial charge is 0.266 e. The highest BCUT2D eigenvalue weighted by atomic mass is 79.9. The van der Waals surface area contributed by atoms with Crippen LogP contribution in [0.1, 0.15) is 5.56 Å². The lowest BCUT2D eigenvalue weighted by molar-refractivity contribution is -0.112. The molecule has 3 aromatic rings. The van der Waals surface area contributed by atoms with Crippen molar-refractivity contribution in [3.05, 3.63) is 88.7 Å². The largest absolute Gasteiger partial charge is 0.323 e. The summed E-state index contributed by atoms with van der Waals surface area (Å²) in [5, 5.41) is 12.0. The van der Waals surface area contributed by atoms with Gasteiger partial charge in [-0.3, -0.25) is 4.79 Å². The average molecular weight is 392 g/mol. The molecule has 0 saturated heterocycles.